The predicted molar refractivity (Wildman–Crippen MR) is 85.4 cm³/mol. The van der Waals surface area contributed by atoms with Crippen molar-refractivity contribution < 1.29 is 9.59 Å². The zero-order valence-corrected chi connectivity index (χ0v) is 13.3. The summed E-state index contributed by atoms with van der Waals surface area (Å²) < 4.78 is 0. The number of likely N-dealkylation sites (N-methyl/N-ethyl adjacent to an activating group) is 1. The van der Waals surface area contributed by atoms with Crippen LogP contribution in [0.5, 0.6) is 0 Å². The maximum absolute atomic E-state index is 11.9. The normalized spacial score (nSPS) is 13.3. The molecule has 0 saturated carbocycles. The highest BCUT2D eigenvalue weighted by Crippen LogP contribution is 2.13. The monoisotopic (exact) mass is 311 g/mol. The molecule has 21 heavy (non-hydrogen) atoms. The fourth-order valence-electron chi connectivity index (χ4n) is 1.91. The van der Waals surface area contributed by atoms with Gasteiger partial charge in [-0.05, 0) is 45.0 Å². The first-order valence-corrected chi connectivity index (χ1v) is 7.39. The van der Waals surface area contributed by atoms with Gasteiger partial charge in [-0.2, -0.15) is 0 Å². The lowest BCUT2D eigenvalue weighted by Gasteiger charge is -2.19. The van der Waals surface area contributed by atoms with Crippen LogP contribution in [0.25, 0.3) is 0 Å². The highest BCUT2D eigenvalue weighted by molar-refractivity contribution is 6.30. The zero-order valence-electron chi connectivity index (χ0n) is 12.6. The van der Waals surface area contributed by atoms with Gasteiger partial charge in [-0.3, -0.25) is 9.59 Å². The molecule has 6 heteroatoms. The Bertz CT molecular complexity index is 476. The summed E-state index contributed by atoms with van der Waals surface area (Å²) in [6.07, 6.45) is 0.284. The van der Waals surface area contributed by atoms with E-state index in [9.17, 15) is 9.59 Å². The summed E-state index contributed by atoms with van der Waals surface area (Å²) in [5, 5.41) is 9.24. The number of amides is 2. The molecule has 0 aliphatic carbocycles. The van der Waals surface area contributed by atoms with Crippen molar-refractivity contribution in [2.45, 2.75) is 39.3 Å². The second-order valence-electron chi connectivity index (χ2n) is 4.94. The van der Waals surface area contributed by atoms with Crippen LogP contribution in [0.4, 0.5) is 5.69 Å². The number of hydrogen-bond acceptors (Lipinski definition) is 3. The van der Waals surface area contributed by atoms with Crippen LogP contribution in [-0.4, -0.2) is 30.4 Å². The number of carbonyl (C=O) groups is 2. The van der Waals surface area contributed by atoms with E-state index in [1.165, 1.54) is 0 Å². The summed E-state index contributed by atoms with van der Waals surface area (Å²) in [6, 6.07) is 6.50. The minimum atomic E-state index is -0.330. The van der Waals surface area contributed by atoms with Crippen LogP contribution >= 0.6 is 11.6 Å². The summed E-state index contributed by atoms with van der Waals surface area (Å²) in [5.74, 6) is -0.178. The van der Waals surface area contributed by atoms with Crippen molar-refractivity contribution in [3.63, 3.8) is 0 Å². The average Bonchev–Trinajstić information content (AvgIpc) is 2.41. The molecule has 0 fully saturated rings. The molecule has 0 spiro atoms. The molecule has 116 valence electrons. The fourth-order valence-corrected chi connectivity index (χ4v) is 2.04. The van der Waals surface area contributed by atoms with Crippen LogP contribution in [0.1, 0.15) is 27.2 Å². The van der Waals surface area contributed by atoms with Gasteiger partial charge in [-0.1, -0.05) is 11.6 Å². The third kappa shape index (κ3) is 6.60. The summed E-state index contributed by atoms with van der Waals surface area (Å²) >= 11 is 5.78. The van der Waals surface area contributed by atoms with E-state index in [2.05, 4.69) is 16.0 Å². The van der Waals surface area contributed by atoms with E-state index in [0.717, 1.165) is 0 Å². The number of nitrogens with one attached hydrogen (secondary N) is 3. The molecule has 0 heterocycles. The molecular formula is C15H22ClN3O2. The predicted octanol–water partition coefficient (Wildman–Crippen LogP) is 2.17. The van der Waals surface area contributed by atoms with Crippen molar-refractivity contribution in [2.24, 2.45) is 0 Å². The van der Waals surface area contributed by atoms with Crippen LogP contribution in [0.3, 0.4) is 0 Å². The Morgan fingerprint density at radius 3 is 2.38 bits per heavy atom. The van der Waals surface area contributed by atoms with E-state index in [4.69, 9.17) is 11.6 Å². The van der Waals surface area contributed by atoms with Gasteiger partial charge < -0.3 is 16.0 Å². The summed E-state index contributed by atoms with van der Waals surface area (Å²) in [7, 11) is 0. The summed E-state index contributed by atoms with van der Waals surface area (Å²) in [5.41, 5.74) is 0.702. The van der Waals surface area contributed by atoms with Gasteiger partial charge in [-0.15, -0.1) is 0 Å². The van der Waals surface area contributed by atoms with Gasteiger partial charge in [0, 0.05) is 29.7 Å². The standard InChI is InChI=1S/C15H22ClN3O2/c1-4-17-15(21)11(3)18-10(2)9-14(20)19-13-7-5-12(16)6-8-13/h5-8,10-11,18H,4,9H2,1-3H3,(H,17,21)(H,19,20)/t10-,11-/m0/s1. The topological polar surface area (TPSA) is 70.2 Å². The first kappa shape index (κ1) is 17.5. The third-order valence-electron chi connectivity index (χ3n) is 2.90. The summed E-state index contributed by atoms with van der Waals surface area (Å²) in [6.45, 7) is 6.11. The Morgan fingerprint density at radius 1 is 1.19 bits per heavy atom. The van der Waals surface area contributed by atoms with Crippen LogP contribution in [0.2, 0.25) is 5.02 Å². The largest absolute Gasteiger partial charge is 0.355 e. The second kappa shape index (κ2) is 8.64. The lowest BCUT2D eigenvalue weighted by atomic mass is 10.2. The maximum atomic E-state index is 11.9. The number of hydrogen-bond donors (Lipinski definition) is 3. The van der Waals surface area contributed by atoms with Crippen molar-refractivity contribution in [1.82, 2.24) is 10.6 Å². The van der Waals surface area contributed by atoms with E-state index >= 15 is 0 Å². The minimum absolute atomic E-state index is 0.0672. The van der Waals surface area contributed by atoms with E-state index in [1.807, 2.05) is 13.8 Å². The Kier molecular flexibility index (Phi) is 7.19. The number of anilines is 1. The minimum Gasteiger partial charge on any atom is -0.355 e. The lowest BCUT2D eigenvalue weighted by molar-refractivity contribution is -0.123. The van der Waals surface area contributed by atoms with Gasteiger partial charge in [0.1, 0.15) is 0 Å². The second-order valence-corrected chi connectivity index (χ2v) is 5.38. The molecule has 5 nitrogen and oxygen atoms in total. The van der Waals surface area contributed by atoms with E-state index < -0.39 is 0 Å². The number of carbonyl (C=O) groups excluding carboxylic acids is 2. The molecular weight excluding hydrogens is 290 g/mol. The van der Waals surface area contributed by atoms with Crippen LogP contribution in [0.15, 0.2) is 24.3 Å². The molecule has 0 saturated heterocycles. The van der Waals surface area contributed by atoms with Crippen LogP contribution in [0, 0.1) is 0 Å². The Balaban J connectivity index is 2.40. The van der Waals surface area contributed by atoms with Gasteiger partial charge >= 0.3 is 0 Å². The summed E-state index contributed by atoms with van der Waals surface area (Å²) in [4.78, 5) is 23.5. The van der Waals surface area contributed by atoms with E-state index in [1.54, 1.807) is 31.2 Å². The molecule has 1 aromatic carbocycles. The van der Waals surface area contributed by atoms with Gasteiger partial charge in [-0.25, -0.2) is 0 Å². The fraction of sp³-hybridized carbons (Fsp3) is 0.467. The van der Waals surface area contributed by atoms with E-state index in [-0.39, 0.29) is 30.3 Å². The lowest BCUT2D eigenvalue weighted by Crippen LogP contribution is -2.46. The molecule has 1 rings (SSSR count). The quantitative estimate of drug-likeness (QED) is 0.723. The van der Waals surface area contributed by atoms with Crippen molar-refractivity contribution in [2.75, 3.05) is 11.9 Å². The van der Waals surface area contributed by atoms with Crippen LogP contribution < -0.4 is 16.0 Å². The molecule has 0 aliphatic rings. The van der Waals surface area contributed by atoms with E-state index in [0.29, 0.717) is 17.3 Å². The Labute approximate surface area is 130 Å². The third-order valence-corrected chi connectivity index (χ3v) is 3.15. The van der Waals surface area contributed by atoms with Crippen molar-refractivity contribution in [1.29, 1.82) is 0 Å². The van der Waals surface area contributed by atoms with Gasteiger partial charge in [0.2, 0.25) is 11.8 Å². The maximum Gasteiger partial charge on any atom is 0.236 e. The first-order chi connectivity index (χ1) is 9.92. The molecule has 2 amide bonds. The smallest absolute Gasteiger partial charge is 0.236 e. The Hall–Kier alpha value is -1.59. The molecule has 2 atom stereocenters. The molecule has 0 aromatic heterocycles. The number of halogens is 1. The number of rotatable bonds is 7. The van der Waals surface area contributed by atoms with Gasteiger partial charge in [0.15, 0.2) is 0 Å². The van der Waals surface area contributed by atoms with Crippen LogP contribution in [-0.2, 0) is 9.59 Å². The van der Waals surface area contributed by atoms with Gasteiger partial charge in [0.05, 0.1) is 6.04 Å². The van der Waals surface area contributed by atoms with Crippen molar-refractivity contribution >= 4 is 29.1 Å². The highest BCUT2D eigenvalue weighted by Gasteiger charge is 2.16. The molecule has 0 aliphatic heterocycles. The molecule has 3 N–H and O–H groups in total. The molecule has 1 aromatic rings. The van der Waals surface area contributed by atoms with Crippen molar-refractivity contribution in [3.05, 3.63) is 29.3 Å². The molecule has 0 radical (unpaired) electrons. The zero-order chi connectivity index (χ0) is 15.8. The van der Waals surface area contributed by atoms with Crippen molar-refractivity contribution in [3.8, 4) is 0 Å². The number of benzene rings is 1. The molecule has 0 bridgehead atoms. The average molecular weight is 312 g/mol. The molecule has 0 unspecified atom stereocenters. The highest BCUT2D eigenvalue weighted by atomic mass is 35.5. The SMILES string of the molecule is CCNC(=O)[C@H](C)N[C@@H](C)CC(=O)Nc1ccc(Cl)cc1. The van der Waals surface area contributed by atoms with Gasteiger partial charge in [0.25, 0.3) is 0 Å². The Morgan fingerprint density at radius 2 is 1.81 bits per heavy atom. The first-order valence-electron chi connectivity index (χ1n) is 7.01.